The largest absolute Gasteiger partial charge is 0.463 e. The van der Waals surface area contributed by atoms with E-state index < -0.39 is 0 Å². The second kappa shape index (κ2) is 8.70. The zero-order valence-electron chi connectivity index (χ0n) is 17.5. The van der Waals surface area contributed by atoms with Gasteiger partial charge in [0.2, 0.25) is 0 Å². The van der Waals surface area contributed by atoms with E-state index in [2.05, 4.69) is 29.6 Å². The molecule has 30 heavy (non-hydrogen) atoms. The standard InChI is InChI=1S/C26H27NO3/c1-3-20-25(26(29)30-4-2)23(24-21(27-20)11-8-12-22(24)28)19-15-13-18(14-16-19)17-9-6-5-7-10-17/h5-7,9-10,13-16,23,27H,3-4,8,11-12H2,1-2H3/t23-/m0/s1. The Morgan fingerprint density at radius 2 is 1.70 bits per heavy atom. The number of rotatable bonds is 5. The van der Waals surface area contributed by atoms with Gasteiger partial charge in [-0.05, 0) is 42.9 Å². The average molecular weight is 402 g/mol. The molecule has 4 heteroatoms. The molecule has 154 valence electrons. The Balaban J connectivity index is 1.82. The number of ketones is 1. The SMILES string of the molecule is CCOC(=O)C1=C(CC)NC2=C(C(=O)CCC2)[C@@H]1c1ccc(-c2ccccc2)cc1. The fourth-order valence-corrected chi connectivity index (χ4v) is 4.46. The molecule has 4 rings (SSSR count). The summed E-state index contributed by atoms with van der Waals surface area (Å²) in [5.41, 5.74) is 6.32. The van der Waals surface area contributed by atoms with Gasteiger partial charge in [-0.25, -0.2) is 4.79 Å². The molecule has 1 N–H and O–H groups in total. The van der Waals surface area contributed by atoms with Crippen LogP contribution in [0.5, 0.6) is 0 Å². The van der Waals surface area contributed by atoms with E-state index in [0.717, 1.165) is 46.5 Å². The van der Waals surface area contributed by atoms with Crippen LogP contribution in [-0.4, -0.2) is 18.4 Å². The van der Waals surface area contributed by atoms with Gasteiger partial charge < -0.3 is 10.1 Å². The number of hydrogen-bond acceptors (Lipinski definition) is 4. The predicted octanol–water partition coefficient (Wildman–Crippen LogP) is 5.27. The Morgan fingerprint density at radius 3 is 2.37 bits per heavy atom. The lowest BCUT2D eigenvalue weighted by atomic mass is 9.74. The number of allylic oxidation sites excluding steroid dienone is 3. The van der Waals surface area contributed by atoms with Crippen LogP contribution in [0.1, 0.15) is 51.0 Å². The lowest BCUT2D eigenvalue weighted by Crippen LogP contribution is -2.35. The van der Waals surface area contributed by atoms with Gasteiger partial charge in [0.15, 0.2) is 5.78 Å². The number of hydrogen-bond donors (Lipinski definition) is 1. The smallest absolute Gasteiger partial charge is 0.336 e. The number of Topliss-reactive ketones (excluding diaryl/α,β-unsaturated/α-hetero) is 1. The first kappa shape index (κ1) is 20.1. The monoisotopic (exact) mass is 401 g/mol. The fourth-order valence-electron chi connectivity index (χ4n) is 4.46. The molecular formula is C26H27NO3. The molecule has 2 aromatic carbocycles. The van der Waals surface area contributed by atoms with E-state index in [-0.39, 0.29) is 17.7 Å². The van der Waals surface area contributed by atoms with E-state index in [1.165, 1.54) is 0 Å². The van der Waals surface area contributed by atoms with E-state index in [0.29, 0.717) is 25.0 Å². The summed E-state index contributed by atoms with van der Waals surface area (Å²) in [6, 6.07) is 18.4. The van der Waals surface area contributed by atoms with Gasteiger partial charge in [-0.15, -0.1) is 0 Å². The van der Waals surface area contributed by atoms with E-state index in [4.69, 9.17) is 4.74 Å². The van der Waals surface area contributed by atoms with Crippen LogP contribution in [0, 0.1) is 0 Å². The van der Waals surface area contributed by atoms with Gasteiger partial charge in [-0.2, -0.15) is 0 Å². The first-order valence-corrected chi connectivity index (χ1v) is 10.7. The van der Waals surface area contributed by atoms with E-state index in [1.807, 2.05) is 37.3 Å². The Bertz CT molecular complexity index is 1020. The van der Waals surface area contributed by atoms with Gasteiger partial charge in [0.1, 0.15) is 0 Å². The van der Waals surface area contributed by atoms with Crippen LogP contribution in [-0.2, 0) is 14.3 Å². The highest BCUT2D eigenvalue weighted by Crippen LogP contribution is 2.43. The van der Waals surface area contributed by atoms with Crippen LogP contribution in [0.15, 0.2) is 77.1 Å². The first-order chi connectivity index (χ1) is 14.6. The summed E-state index contributed by atoms with van der Waals surface area (Å²) in [6.07, 6.45) is 2.88. The third-order valence-corrected chi connectivity index (χ3v) is 5.86. The molecule has 1 aliphatic carbocycles. The van der Waals surface area contributed by atoms with Crippen LogP contribution in [0.2, 0.25) is 0 Å². The van der Waals surface area contributed by atoms with Gasteiger partial charge in [-0.3, -0.25) is 4.79 Å². The number of nitrogens with one attached hydrogen (secondary N) is 1. The molecule has 0 saturated carbocycles. The molecule has 0 spiro atoms. The van der Waals surface area contributed by atoms with Crippen LogP contribution in [0.4, 0.5) is 0 Å². The summed E-state index contributed by atoms with van der Waals surface area (Å²) < 4.78 is 5.40. The molecule has 0 radical (unpaired) electrons. The highest BCUT2D eigenvalue weighted by molar-refractivity contribution is 6.03. The third kappa shape index (κ3) is 3.70. The molecule has 0 aromatic heterocycles. The zero-order valence-corrected chi connectivity index (χ0v) is 17.5. The summed E-state index contributed by atoms with van der Waals surface area (Å²) in [7, 11) is 0. The fraction of sp³-hybridized carbons (Fsp3) is 0.308. The highest BCUT2D eigenvalue weighted by atomic mass is 16.5. The van der Waals surface area contributed by atoms with Crippen molar-refractivity contribution in [3.8, 4) is 11.1 Å². The molecule has 2 aliphatic rings. The maximum Gasteiger partial charge on any atom is 0.336 e. The second-order valence-corrected chi connectivity index (χ2v) is 7.68. The topological polar surface area (TPSA) is 55.4 Å². The molecule has 0 unspecified atom stereocenters. The minimum atomic E-state index is -0.382. The number of carbonyl (C=O) groups is 2. The molecule has 1 aliphatic heterocycles. The summed E-state index contributed by atoms with van der Waals surface area (Å²) in [4.78, 5) is 25.9. The van der Waals surface area contributed by atoms with Crippen molar-refractivity contribution in [1.29, 1.82) is 0 Å². The van der Waals surface area contributed by atoms with Gasteiger partial charge in [0, 0.05) is 29.3 Å². The number of ether oxygens (including phenoxy) is 1. The maximum atomic E-state index is 13.0. The Labute approximate surface area is 177 Å². The molecule has 4 nitrogen and oxygen atoms in total. The Morgan fingerprint density at radius 1 is 1.00 bits per heavy atom. The molecule has 1 atom stereocenters. The van der Waals surface area contributed by atoms with Gasteiger partial charge >= 0.3 is 5.97 Å². The lowest BCUT2D eigenvalue weighted by molar-refractivity contribution is -0.138. The van der Waals surface area contributed by atoms with Crippen molar-refractivity contribution in [2.24, 2.45) is 0 Å². The van der Waals surface area contributed by atoms with E-state index in [9.17, 15) is 9.59 Å². The molecule has 0 fully saturated rings. The van der Waals surface area contributed by atoms with Crippen molar-refractivity contribution < 1.29 is 14.3 Å². The predicted molar refractivity (Wildman–Crippen MR) is 118 cm³/mol. The summed E-state index contributed by atoms with van der Waals surface area (Å²) >= 11 is 0. The normalized spacial score (nSPS) is 18.7. The van der Waals surface area contributed by atoms with Crippen LogP contribution in [0.25, 0.3) is 11.1 Å². The number of dihydropyridines is 1. The number of carbonyl (C=O) groups excluding carboxylic acids is 2. The third-order valence-electron chi connectivity index (χ3n) is 5.86. The second-order valence-electron chi connectivity index (χ2n) is 7.68. The van der Waals surface area contributed by atoms with E-state index in [1.54, 1.807) is 6.92 Å². The maximum absolute atomic E-state index is 13.0. The van der Waals surface area contributed by atoms with Crippen LogP contribution in [0.3, 0.4) is 0 Å². The number of benzene rings is 2. The minimum Gasteiger partial charge on any atom is -0.463 e. The summed E-state index contributed by atoms with van der Waals surface area (Å²) in [5, 5.41) is 3.40. The van der Waals surface area contributed by atoms with Crippen molar-refractivity contribution in [3.63, 3.8) is 0 Å². The van der Waals surface area contributed by atoms with Crippen molar-refractivity contribution in [2.75, 3.05) is 6.61 Å². The summed E-state index contributed by atoms with van der Waals surface area (Å²) in [5.74, 6) is -0.602. The average Bonchev–Trinajstić information content (AvgIpc) is 2.79. The van der Waals surface area contributed by atoms with E-state index >= 15 is 0 Å². The Hall–Kier alpha value is -3.14. The zero-order chi connectivity index (χ0) is 21.1. The van der Waals surface area contributed by atoms with Gasteiger partial charge in [0.05, 0.1) is 12.2 Å². The molecule has 0 bridgehead atoms. The van der Waals surface area contributed by atoms with Crippen molar-refractivity contribution in [1.82, 2.24) is 5.32 Å². The van der Waals surface area contributed by atoms with Crippen LogP contribution >= 0.6 is 0 Å². The molecule has 0 amide bonds. The Kier molecular flexibility index (Phi) is 5.84. The van der Waals surface area contributed by atoms with Crippen molar-refractivity contribution in [3.05, 3.63) is 82.7 Å². The summed E-state index contributed by atoms with van der Waals surface area (Å²) in [6.45, 7) is 4.13. The van der Waals surface area contributed by atoms with Crippen molar-refractivity contribution >= 4 is 11.8 Å². The molecule has 0 saturated heterocycles. The highest BCUT2D eigenvalue weighted by Gasteiger charge is 2.39. The van der Waals surface area contributed by atoms with Crippen LogP contribution < -0.4 is 5.32 Å². The molecular weight excluding hydrogens is 374 g/mol. The van der Waals surface area contributed by atoms with Gasteiger partial charge in [0.25, 0.3) is 0 Å². The van der Waals surface area contributed by atoms with Crippen molar-refractivity contribution in [2.45, 2.75) is 45.4 Å². The quantitative estimate of drug-likeness (QED) is 0.693. The molecule has 2 aromatic rings. The first-order valence-electron chi connectivity index (χ1n) is 10.7. The van der Waals surface area contributed by atoms with Gasteiger partial charge in [-0.1, -0.05) is 61.5 Å². The minimum absolute atomic E-state index is 0.123. The lowest BCUT2D eigenvalue weighted by Gasteiger charge is -2.35. The number of esters is 1. The molecule has 1 heterocycles.